The monoisotopic (exact) mass is 428 g/mol. The van der Waals surface area contributed by atoms with Crippen molar-refractivity contribution >= 4 is 47.5 Å². The Morgan fingerprint density at radius 1 is 1.00 bits per heavy atom. The van der Waals surface area contributed by atoms with Crippen molar-refractivity contribution in [1.82, 2.24) is 0 Å². The molecule has 11 heteroatoms. The Kier molecular flexibility index (Phi) is 8.36. The maximum absolute atomic E-state index is 12.4. The molecule has 0 aliphatic carbocycles. The first-order chi connectivity index (χ1) is 12.5. The van der Waals surface area contributed by atoms with E-state index in [0.29, 0.717) is 0 Å². The van der Waals surface area contributed by atoms with E-state index in [1.165, 1.54) is 0 Å². The summed E-state index contributed by atoms with van der Waals surface area (Å²) in [5, 5.41) is 0. The Hall–Kier alpha value is -1.13. The summed E-state index contributed by atoms with van der Waals surface area (Å²) in [4.78, 5) is 23.7. The summed E-state index contributed by atoms with van der Waals surface area (Å²) < 4.78 is 29.7. The molecule has 0 spiro atoms. The zero-order chi connectivity index (χ0) is 19.1. The number of hydrogen-bond acceptors (Lipinski definition) is 8. The normalized spacial score (nSPS) is 28.4. The van der Waals surface area contributed by atoms with Gasteiger partial charge in [-0.2, -0.15) is 0 Å². The Morgan fingerprint density at radius 3 is 2.15 bits per heavy atom. The first-order valence-electron chi connectivity index (χ1n) is 7.37. The SMILES string of the molecule is CC(=O)OC1O[C@H](C(=O)OCc2ccccc2)[C@@H](OCl)[C@H](OCl)[C@H]1OCl. The molecule has 1 aromatic rings. The van der Waals surface area contributed by atoms with Gasteiger partial charge in [-0.15, -0.1) is 0 Å². The van der Waals surface area contributed by atoms with Gasteiger partial charge >= 0.3 is 11.9 Å². The van der Waals surface area contributed by atoms with E-state index in [1.54, 1.807) is 24.3 Å². The van der Waals surface area contributed by atoms with Crippen LogP contribution in [0.4, 0.5) is 0 Å². The third-order valence-corrected chi connectivity index (χ3v) is 4.16. The van der Waals surface area contributed by atoms with Gasteiger partial charge in [-0.05, 0) is 5.56 Å². The largest absolute Gasteiger partial charge is 0.459 e. The van der Waals surface area contributed by atoms with Crippen LogP contribution in [0.25, 0.3) is 0 Å². The summed E-state index contributed by atoms with van der Waals surface area (Å²) in [6.45, 7) is 1.12. The zero-order valence-electron chi connectivity index (χ0n) is 13.4. The van der Waals surface area contributed by atoms with Crippen molar-refractivity contribution in [2.24, 2.45) is 0 Å². The highest BCUT2D eigenvalue weighted by molar-refractivity contribution is 6.09. The first-order valence-corrected chi connectivity index (χ1v) is 8.29. The number of rotatable bonds is 7. The predicted molar refractivity (Wildman–Crippen MR) is 88.8 cm³/mol. The van der Waals surface area contributed by atoms with Gasteiger partial charge in [0.2, 0.25) is 6.29 Å². The number of halogens is 3. The van der Waals surface area contributed by atoms with Gasteiger partial charge in [0.05, 0.1) is 35.6 Å². The molecule has 5 atom stereocenters. The third kappa shape index (κ3) is 5.20. The van der Waals surface area contributed by atoms with Crippen molar-refractivity contribution in [3.8, 4) is 0 Å². The second kappa shape index (κ2) is 10.3. The zero-order valence-corrected chi connectivity index (χ0v) is 15.6. The molecule has 0 radical (unpaired) electrons. The average Bonchev–Trinajstić information content (AvgIpc) is 2.65. The molecule has 0 saturated carbocycles. The molecule has 1 fully saturated rings. The van der Waals surface area contributed by atoms with Crippen molar-refractivity contribution in [3.63, 3.8) is 0 Å². The molecule has 1 aliphatic heterocycles. The Bertz CT molecular complexity index is 602. The van der Waals surface area contributed by atoms with E-state index < -0.39 is 42.6 Å². The number of hydrogen-bond donors (Lipinski definition) is 0. The number of benzene rings is 1. The van der Waals surface area contributed by atoms with Crippen LogP contribution >= 0.6 is 35.6 Å². The van der Waals surface area contributed by atoms with Crippen LogP contribution < -0.4 is 0 Å². The fraction of sp³-hybridized carbons (Fsp3) is 0.467. The highest BCUT2D eigenvalue weighted by Gasteiger charge is 2.53. The van der Waals surface area contributed by atoms with Gasteiger partial charge in [-0.3, -0.25) is 17.7 Å². The minimum absolute atomic E-state index is 0.0192. The van der Waals surface area contributed by atoms with Gasteiger partial charge in [-0.25, -0.2) is 4.79 Å². The molecule has 0 aromatic heterocycles. The van der Waals surface area contributed by atoms with Crippen LogP contribution in [0.15, 0.2) is 30.3 Å². The van der Waals surface area contributed by atoms with Crippen LogP contribution in [0.5, 0.6) is 0 Å². The van der Waals surface area contributed by atoms with Gasteiger partial charge in [0.1, 0.15) is 18.8 Å². The Labute approximate surface area is 164 Å². The molecule has 1 heterocycles. The molecule has 1 aromatic carbocycles. The summed E-state index contributed by atoms with van der Waals surface area (Å²) in [5.41, 5.74) is 0.753. The first kappa shape index (κ1) is 21.2. The number of carbonyl (C=O) groups excluding carboxylic acids is 2. The van der Waals surface area contributed by atoms with Crippen LogP contribution in [0.2, 0.25) is 0 Å². The standard InChI is InChI=1S/C15H15Cl3O8/c1-8(19)22-15-13(26-18)11(25-17)10(24-16)12(23-15)14(20)21-7-9-5-3-2-4-6-9/h2-6,10-13,15H,7H2,1H3/t10-,11-,12-,13+,15?/m0/s1. The smallest absolute Gasteiger partial charge is 0.338 e. The van der Waals surface area contributed by atoms with Crippen LogP contribution in [0, 0.1) is 0 Å². The molecular weight excluding hydrogens is 415 g/mol. The maximum Gasteiger partial charge on any atom is 0.338 e. The Morgan fingerprint density at radius 2 is 1.62 bits per heavy atom. The predicted octanol–water partition coefficient (Wildman–Crippen LogP) is 2.63. The summed E-state index contributed by atoms with van der Waals surface area (Å²) in [5.74, 6) is -1.54. The highest BCUT2D eigenvalue weighted by atomic mass is 35.5. The second-order valence-electron chi connectivity index (χ2n) is 5.29. The quantitative estimate of drug-likeness (QED) is 0.611. The third-order valence-electron chi connectivity index (χ3n) is 3.54. The lowest BCUT2D eigenvalue weighted by Crippen LogP contribution is -2.61. The number of ether oxygens (including phenoxy) is 3. The molecule has 2 rings (SSSR count). The second-order valence-corrected chi connectivity index (χ2v) is 5.82. The van der Waals surface area contributed by atoms with E-state index in [0.717, 1.165) is 12.5 Å². The van der Waals surface area contributed by atoms with Gasteiger partial charge in [0.25, 0.3) is 0 Å². The van der Waals surface area contributed by atoms with Crippen molar-refractivity contribution in [3.05, 3.63) is 35.9 Å². The van der Waals surface area contributed by atoms with Gasteiger partial charge in [0.15, 0.2) is 12.2 Å². The highest BCUT2D eigenvalue weighted by Crippen LogP contribution is 2.31. The van der Waals surface area contributed by atoms with E-state index in [9.17, 15) is 9.59 Å². The lowest BCUT2D eigenvalue weighted by Gasteiger charge is -2.40. The minimum Gasteiger partial charge on any atom is -0.459 e. The van der Waals surface area contributed by atoms with Gasteiger partial charge in [0, 0.05) is 6.92 Å². The molecule has 144 valence electrons. The van der Waals surface area contributed by atoms with Gasteiger partial charge in [-0.1, -0.05) is 30.3 Å². The Balaban J connectivity index is 2.14. The van der Waals surface area contributed by atoms with E-state index in [-0.39, 0.29) is 6.61 Å². The summed E-state index contributed by atoms with van der Waals surface area (Å²) >= 11 is 16.3. The molecule has 0 bridgehead atoms. The fourth-order valence-electron chi connectivity index (χ4n) is 2.36. The van der Waals surface area contributed by atoms with Crippen LogP contribution in [0.3, 0.4) is 0 Å². The van der Waals surface area contributed by atoms with E-state index >= 15 is 0 Å². The van der Waals surface area contributed by atoms with Crippen LogP contribution in [0.1, 0.15) is 12.5 Å². The number of esters is 2. The lowest BCUT2D eigenvalue weighted by atomic mass is 9.99. The molecule has 1 aliphatic rings. The average molecular weight is 430 g/mol. The summed E-state index contributed by atoms with van der Waals surface area (Å²) in [7, 11) is 0. The molecular formula is C15H15Cl3O8. The molecule has 8 nitrogen and oxygen atoms in total. The molecule has 1 unspecified atom stereocenters. The van der Waals surface area contributed by atoms with E-state index in [4.69, 9.17) is 58.4 Å². The van der Waals surface area contributed by atoms with Crippen molar-refractivity contribution in [1.29, 1.82) is 0 Å². The van der Waals surface area contributed by atoms with Crippen molar-refractivity contribution in [2.75, 3.05) is 0 Å². The fourth-order valence-corrected chi connectivity index (χ4v) is 2.95. The lowest BCUT2D eigenvalue weighted by molar-refractivity contribution is -0.273. The molecule has 0 amide bonds. The van der Waals surface area contributed by atoms with E-state index in [2.05, 4.69) is 4.29 Å². The molecule has 1 saturated heterocycles. The summed E-state index contributed by atoms with van der Waals surface area (Å²) in [6.07, 6.45) is -6.45. The van der Waals surface area contributed by atoms with Crippen LogP contribution in [-0.2, 0) is 43.3 Å². The molecule has 0 N–H and O–H groups in total. The van der Waals surface area contributed by atoms with Crippen molar-refractivity contribution in [2.45, 2.75) is 44.2 Å². The number of carbonyl (C=O) groups is 2. The summed E-state index contributed by atoms with van der Waals surface area (Å²) in [6, 6.07) is 8.96. The van der Waals surface area contributed by atoms with Crippen LogP contribution in [-0.4, -0.2) is 42.6 Å². The van der Waals surface area contributed by atoms with Crippen molar-refractivity contribution < 1.29 is 36.7 Å². The topological polar surface area (TPSA) is 89.5 Å². The van der Waals surface area contributed by atoms with E-state index in [1.807, 2.05) is 6.07 Å². The van der Waals surface area contributed by atoms with Gasteiger partial charge < -0.3 is 14.2 Å². The minimum atomic E-state index is -1.41. The molecule has 26 heavy (non-hydrogen) atoms. The maximum atomic E-state index is 12.4.